The van der Waals surface area contributed by atoms with E-state index in [1.54, 1.807) is 0 Å². The minimum atomic E-state index is -0.0766. The Balaban J connectivity index is 1.93. The lowest BCUT2D eigenvalue weighted by Crippen LogP contribution is -2.23. The van der Waals surface area contributed by atoms with Gasteiger partial charge < -0.3 is 4.74 Å². The van der Waals surface area contributed by atoms with Crippen LogP contribution in [-0.4, -0.2) is 18.1 Å². The minimum absolute atomic E-state index is 0.0714. The van der Waals surface area contributed by atoms with E-state index in [9.17, 15) is 4.79 Å². The third kappa shape index (κ3) is 3.36. The number of hydrogen-bond acceptors (Lipinski definition) is 4. The molecule has 1 saturated carbocycles. The Labute approximate surface area is 119 Å². The van der Waals surface area contributed by atoms with Gasteiger partial charge in [0.15, 0.2) is 0 Å². The van der Waals surface area contributed by atoms with Gasteiger partial charge in [-0.1, -0.05) is 0 Å². The van der Waals surface area contributed by atoms with Gasteiger partial charge in [-0.25, -0.2) is 0 Å². The van der Waals surface area contributed by atoms with Crippen LogP contribution < -0.4 is 0 Å². The molecular weight excluding hydrogens is 252 g/mol. The van der Waals surface area contributed by atoms with Crippen molar-refractivity contribution < 1.29 is 9.53 Å². The van der Waals surface area contributed by atoms with Crippen LogP contribution in [0.1, 0.15) is 42.5 Å². The molecule has 0 radical (unpaired) electrons. The van der Waals surface area contributed by atoms with Gasteiger partial charge in [0.1, 0.15) is 6.07 Å². The molecule has 4 nitrogen and oxygen atoms in total. The molecule has 0 bridgehead atoms. The number of esters is 1. The molecule has 0 atom stereocenters. The van der Waals surface area contributed by atoms with Crippen LogP contribution in [0.4, 0.5) is 0 Å². The zero-order chi connectivity index (χ0) is 14.5. The third-order valence-electron chi connectivity index (χ3n) is 4.17. The first-order valence-corrected chi connectivity index (χ1v) is 7.07. The number of carbonyl (C=O) groups excluding carboxylic acids is 1. The van der Waals surface area contributed by atoms with E-state index in [-0.39, 0.29) is 11.9 Å². The van der Waals surface area contributed by atoms with Gasteiger partial charge in [0.2, 0.25) is 0 Å². The van der Waals surface area contributed by atoms with Gasteiger partial charge in [0.25, 0.3) is 0 Å². The standard InChI is InChI=1S/C16H20N2O2/c1-11-15(9-17)8-13(10-18-11)7-12-3-5-14(6-4-12)16(19)20-2/h8,10,12,14H,3-7H2,1-2H3. The smallest absolute Gasteiger partial charge is 0.308 e. The lowest BCUT2D eigenvalue weighted by Gasteiger charge is -2.26. The van der Waals surface area contributed by atoms with Crippen molar-refractivity contribution in [2.75, 3.05) is 7.11 Å². The molecule has 0 N–H and O–H groups in total. The molecule has 1 heterocycles. The summed E-state index contributed by atoms with van der Waals surface area (Å²) in [6, 6.07) is 4.12. The molecule has 1 aromatic rings. The molecule has 2 rings (SSSR count). The van der Waals surface area contributed by atoms with Gasteiger partial charge in [-0.15, -0.1) is 0 Å². The molecule has 20 heavy (non-hydrogen) atoms. The number of methoxy groups -OCH3 is 1. The number of aryl methyl sites for hydroxylation is 1. The summed E-state index contributed by atoms with van der Waals surface area (Å²) >= 11 is 0. The molecule has 0 amide bonds. The summed E-state index contributed by atoms with van der Waals surface area (Å²) in [6.07, 6.45) is 6.69. The van der Waals surface area contributed by atoms with Crippen molar-refractivity contribution in [2.24, 2.45) is 11.8 Å². The van der Waals surface area contributed by atoms with E-state index in [1.165, 1.54) is 7.11 Å². The van der Waals surface area contributed by atoms with E-state index in [1.807, 2.05) is 19.2 Å². The van der Waals surface area contributed by atoms with Crippen LogP contribution in [-0.2, 0) is 16.0 Å². The van der Waals surface area contributed by atoms with Crippen LogP contribution in [0, 0.1) is 30.1 Å². The lowest BCUT2D eigenvalue weighted by molar-refractivity contribution is -0.146. The predicted molar refractivity (Wildman–Crippen MR) is 74.9 cm³/mol. The number of hydrogen-bond donors (Lipinski definition) is 0. The Hall–Kier alpha value is -1.89. The SMILES string of the molecule is COC(=O)C1CCC(Cc2cnc(C)c(C#N)c2)CC1. The summed E-state index contributed by atoms with van der Waals surface area (Å²) in [6.45, 7) is 1.85. The van der Waals surface area contributed by atoms with Gasteiger partial charge in [0.05, 0.1) is 24.3 Å². The molecule has 4 heteroatoms. The van der Waals surface area contributed by atoms with Crippen molar-refractivity contribution in [3.05, 3.63) is 29.1 Å². The van der Waals surface area contributed by atoms with Gasteiger partial charge in [-0.2, -0.15) is 5.26 Å². The fraction of sp³-hybridized carbons (Fsp3) is 0.562. The number of nitriles is 1. The van der Waals surface area contributed by atoms with Gasteiger partial charge >= 0.3 is 5.97 Å². The van der Waals surface area contributed by atoms with Crippen molar-refractivity contribution >= 4 is 5.97 Å². The number of rotatable bonds is 3. The van der Waals surface area contributed by atoms with Crippen molar-refractivity contribution in [2.45, 2.75) is 39.0 Å². The van der Waals surface area contributed by atoms with E-state index in [0.717, 1.165) is 43.4 Å². The van der Waals surface area contributed by atoms with Crippen LogP contribution in [0.25, 0.3) is 0 Å². The summed E-state index contributed by atoms with van der Waals surface area (Å²) in [5, 5.41) is 9.03. The predicted octanol–water partition coefficient (Wildman–Crippen LogP) is 2.78. The van der Waals surface area contributed by atoms with Crippen molar-refractivity contribution in [3.63, 3.8) is 0 Å². The first-order valence-electron chi connectivity index (χ1n) is 7.07. The quantitative estimate of drug-likeness (QED) is 0.794. The van der Waals surface area contributed by atoms with Gasteiger partial charge in [-0.05, 0) is 56.6 Å². The van der Waals surface area contributed by atoms with Crippen molar-refractivity contribution in [1.82, 2.24) is 4.98 Å². The summed E-state index contributed by atoms with van der Waals surface area (Å²) in [4.78, 5) is 15.8. The summed E-state index contributed by atoms with van der Waals surface area (Å²) < 4.78 is 4.80. The summed E-state index contributed by atoms with van der Waals surface area (Å²) in [7, 11) is 1.45. The monoisotopic (exact) mass is 272 g/mol. The van der Waals surface area contributed by atoms with Crippen LogP contribution >= 0.6 is 0 Å². The maximum Gasteiger partial charge on any atom is 0.308 e. The number of nitrogens with zero attached hydrogens (tertiary/aromatic N) is 2. The highest BCUT2D eigenvalue weighted by atomic mass is 16.5. The Morgan fingerprint density at radius 2 is 2.15 bits per heavy atom. The second kappa shape index (κ2) is 6.51. The number of ether oxygens (including phenoxy) is 1. The maximum absolute atomic E-state index is 11.5. The first kappa shape index (κ1) is 14.5. The van der Waals surface area contributed by atoms with E-state index in [2.05, 4.69) is 11.1 Å². The minimum Gasteiger partial charge on any atom is -0.469 e. The summed E-state index contributed by atoms with van der Waals surface area (Å²) in [5.74, 6) is 0.571. The molecule has 0 aliphatic heterocycles. The molecule has 1 aromatic heterocycles. The third-order valence-corrected chi connectivity index (χ3v) is 4.17. The fourth-order valence-electron chi connectivity index (χ4n) is 2.90. The molecule has 1 fully saturated rings. The highest BCUT2D eigenvalue weighted by molar-refractivity contribution is 5.72. The second-order valence-electron chi connectivity index (χ2n) is 5.53. The lowest BCUT2D eigenvalue weighted by atomic mass is 9.79. The molecular formula is C16H20N2O2. The highest BCUT2D eigenvalue weighted by Crippen LogP contribution is 2.31. The van der Waals surface area contributed by atoms with Gasteiger partial charge in [0, 0.05) is 6.20 Å². The van der Waals surface area contributed by atoms with Crippen LogP contribution in [0.15, 0.2) is 12.3 Å². The van der Waals surface area contributed by atoms with E-state index in [4.69, 9.17) is 10.00 Å². The summed E-state index contributed by atoms with van der Waals surface area (Å²) in [5.41, 5.74) is 2.56. The Morgan fingerprint density at radius 3 is 2.75 bits per heavy atom. The molecule has 0 saturated heterocycles. The molecule has 1 aliphatic carbocycles. The normalized spacial score (nSPS) is 22.1. The van der Waals surface area contributed by atoms with Crippen LogP contribution in [0.3, 0.4) is 0 Å². The molecule has 0 aromatic carbocycles. The maximum atomic E-state index is 11.5. The van der Waals surface area contributed by atoms with Crippen molar-refractivity contribution in [1.29, 1.82) is 5.26 Å². The van der Waals surface area contributed by atoms with Crippen LogP contribution in [0.2, 0.25) is 0 Å². The van der Waals surface area contributed by atoms with E-state index >= 15 is 0 Å². The average Bonchev–Trinajstić information content (AvgIpc) is 2.49. The number of aromatic nitrogens is 1. The zero-order valence-corrected chi connectivity index (χ0v) is 12.1. The van der Waals surface area contributed by atoms with E-state index in [0.29, 0.717) is 11.5 Å². The molecule has 0 spiro atoms. The molecule has 106 valence electrons. The molecule has 0 unspecified atom stereocenters. The molecule has 1 aliphatic rings. The largest absolute Gasteiger partial charge is 0.469 e. The number of carbonyl (C=O) groups is 1. The zero-order valence-electron chi connectivity index (χ0n) is 12.1. The van der Waals surface area contributed by atoms with E-state index < -0.39 is 0 Å². The topological polar surface area (TPSA) is 63.0 Å². The Morgan fingerprint density at radius 1 is 1.45 bits per heavy atom. The Kier molecular flexibility index (Phi) is 4.73. The second-order valence-corrected chi connectivity index (χ2v) is 5.53. The van der Waals surface area contributed by atoms with Crippen LogP contribution in [0.5, 0.6) is 0 Å². The highest BCUT2D eigenvalue weighted by Gasteiger charge is 2.26. The Bertz CT molecular complexity index is 526. The first-order chi connectivity index (χ1) is 9.63. The average molecular weight is 272 g/mol. The van der Waals surface area contributed by atoms with Crippen molar-refractivity contribution in [3.8, 4) is 6.07 Å². The fourth-order valence-corrected chi connectivity index (χ4v) is 2.90. The number of pyridine rings is 1. The van der Waals surface area contributed by atoms with Gasteiger partial charge in [-0.3, -0.25) is 9.78 Å².